The number of nitrogens with one attached hydrogen (secondary N) is 1. The molecule has 190 valence electrons. The molecule has 3 unspecified atom stereocenters. The van der Waals surface area contributed by atoms with E-state index >= 15 is 0 Å². The first-order valence-corrected chi connectivity index (χ1v) is 13.8. The lowest BCUT2D eigenvalue weighted by atomic mass is 9.74. The molecule has 1 N–H and O–H groups in total. The number of aromatic nitrogens is 1. The average Bonchev–Trinajstić information content (AvgIpc) is 3.26. The minimum absolute atomic E-state index is 0.175. The van der Waals surface area contributed by atoms with Crippen molar-refractivity contribution in [3.8, 4) is 5.75 Å². The molecule has 5 heteroatoms. The second-order valence-corrected chi connectivity index (χ2v) is 11.1. The van der Waals surface area contributed by atoms with Crippen LogP contribution in [0.4, 0.5) is 0 Å². The molecule has 3 aromatic carbocycles. The lowest BCUT2D eigenvalue weighted by molar-refractivity contribution is -0.177. The zero-order valence-corrected chi connectivity index (χ0v) is 21.7. The molecule has 7 rings (SSSR count). The highest BCUT2D eigenvalue weighted by Crippen LogP contribution is 2.50. The van der Waals surface area contributed by atoms with E-state index in [0.717, 1.165) is 70.2 Å². The maximum atomic E-state index is 13.8. The molecule has 3 aliphatic heterocycles. The van der Waals surface area contributed by atoms with Gasteiger partial charge in [0.15, 0.2) is 5.72 Å². The van der Waals surface area contributed by atoms with Crippen LogP contribution in [0, 0.1) is 12.8 Å². The maximum Gasteiger partial charge on any atom is 0.341 e. The van der Waals surface area contributed by atoms with Crippen molar-refractivity contribution in [2.24, 2.45) is 5.92 Å². The standard InChI is InChI=1S/C32H34N2O3/c1-20-29(31(35)36-21(2)24-13-7-10-22-9-3-4-12-25(22)24)30-26-19-23-11-8-18-34-17-6-5-16-32(23,34)37-28(26)15-14-27(30)33-20/h3-4,7,9-10,12-15,21,23,33H,5-6,8,11,16-19H2,1-2H3. The largest absolute Gasteiger partial charge is 0.472 e. The van der Waals surface area contributed by atoms with E-state index in [1.807, 2.05) is 32.0 Å². The molecule has 4 aromatic rings. The summed E-state index contributed by atoms with van der Waals surface area (Å²) in [5.41, 5.74) is 4.49. The van der Waals surface area contributed by atoms with Crippen molar-refractivity contribution in [1.29, 1.82) is 0 Å². The number of hydrogen-bond acceptors (Lipinski definition) is 4. The number of piperidine rings is 2. The first kappa shape index (κ1) is 22.9. The number of ether oxygens (including phenoxy) is 2. The van der Waals surface area contributed by atoms with E-state index in [1.165, 1.54) is 25.7 Å². The number of aromatic amines is 1. The van der Waals surface area contributed by atoms with E-state index in [9.17, 15) is 4.79 Å². The summed E-state index contributed by atoms with van der Waals surface area (Å²) in [5.74, 6) is 1.11. The van der Waals surface area contributed by atoms with Gasteiger partial charge in [0.1, 0.15) is 11.9 Å². The van der Waals surface area contributed by atoms with E-state index in [2.05, 4.69) is 46.3 Å². The van der Waals surface area contributed by atoms with Crippen molar-refractivity contribution < 1.29 is 14.3 Å². The fourth-order valence-electron chi connectivity index (χ4n) is 7.35. The molecule has 4 heterocycles. The molecule has 0 saturated carbocycles. The van der Waals surface area contributed by atoms with Crippen molar-refractivity contribution in [1.82, 2.24) is 9.88 Å². The third kappa shape index (κ3) is 3.51. The third-order valence-corrected chi connectivity index (χ3v) is 9.07. The van der Waals surface area contributed by atoms with Crippen LogP contribution < -0.4 is 4.74 Å². The Morgan fingerprint density at radius 3 is 2.84 bits per heavy atom. The van der Waals surface area contributed by atoms with Gasteiger partial charge in [0, 0.05) is 47.6 Å². The number of esters is 1. The molecule has 3 aliphatic rings. The first-order valence-electron chi connectivity index (χ1n) is 13.8. The van der Waals surface area contributed by atoms with Gasteiger partial charge >= 0.3 is 5.97 Å². The van der Waals surface area contributed by atoms with Crippen molar-refractivity contribution >= 4 is 27.6 Å². The lowest BCUT2D eigenvalue weighted by Gasteiger charge is -2.56. The van der Waals surface area contributed by atoms with Gasteiger partial charge < -0.3 is 14.5 Å². The second kappa shape index (κ2) is 8.63. The quantitative estimate of drug-likeness (QED) is 0.309. The maximum absolute atomic E-state index is 13.8. The molecule has 0 radical (unpaired) electrons. The summed E-state index contributed by atoms with van der Waals surface area (Å²) in [7, 11) is 0. The Balaban J connectivity index is 1.27. The van der Waals surface area contributed by atoms with E-state index in [-0.39, 0.29) is 17.8 Å². The number of benzene rings is 3. The number of aryl methyl sites for hydroxylation is 1. The Labute approximate surface area is 217 Å². The molecule has 0 aliphatic carbocycles. The number of rotatable bonds is 3. The Morgan fingerprint density at radius 1 is 1.08 bits per heavy atom. The molecule has 2 saturated heterocycles. The minimum atomic E-state index is -0.365. The topological polar surface area (TPSA) is 54.6 Å². The Bertz CT molecular complexity index is 1510. The number of nitrogens with zero attached hydrogens (tertiary/aromatic N) is 1. The van der Waals surface area contributed by atoms with Crippen LogP contribution in [0.1, 0.15) is 72.3 Å². The van der Waals surface area contributed by atoms with Crippen LogP contribution in [-0.2, 0) is 11.2 Å². The van der Waals surface area contributed by atoms with Gasteiger partial charge in [0.25, 0.3) is 0 Å². The van der Waals surface area contributed by atoms with Gasteiger partial charge in [-0.05, 0) is 74.4 Å². The van der Waals surface area contributed by atoms with Gasteiger partial charge in [-0.15, -0.1) is 0 Å². The van der Waals surface area contributed by atoms with Crippen molar-refractivity contribution in [2.45, 2.75) is 64.2 Å². The zero-order chi connectivity index (χ0) is 25.1. The molecular weight excluding hydrogens is 460 g/mol. The molecular formula is C32H34N2O3. The summed E-state index contributed by atoms with van der Waals surface area (Å²) in [4.78, 5) is 19.8. The van der Waals surface area contributed by atoms with Crippen LogP contribution in [0.2, 0.25) is 0 Å². The highest BCUT2D eigenvalue weighted by molar-refractivity contribution is 6.07. The van der Waals surface area contributed by atoms with Gasteiger partial charge in [-0.2, -0.15) is 0 Å². The van der Waals surface area contributed by atoms with Gasteiger partial charge in [-0.1, -0.05) is 42.5 Å². The molecule has 1 spiro atoms. The van der Waals surface area contributed by atoms with Crippen molar-refractivity contribution in [3.05, 3.63) is 77.0 Å². The fraction of sp³-hybridized carbons (Fsp3) is 0.406. The summed E-state index contributed by atoms with van der Waals surface area (Å²) in [5, 5.41) is 3.25. The van der Waals surface area contributed by atoms with Crippen LogP contribution in [-0.4, -0.2) is 34.7 Å². The number of hydrogen-bond donors (Lipinski definition) is 1. The lowest BCUT2D eigenvalue weighted by Crippen LogP contribution is -2.64. The predicted molar refractivity (Wildman–Crippen MR) is 146 cm³/mol. The zero-order valence-electron chi connectivity index (χ0n) is 21.7. The van der Waals surface area contributed by atoms with Crippen LogP contribution in [0.25, 0.3) is 21.7 Å². The molecule has 0 bridgehead atoms. The third-order valence-electron chi connectivity index (χ3n) is 9.07. The average molecular weight is 495 g/mol. The van der Waals surface area contributed by atoms with E-state index in [0.29, 0.717) is 11.5 Å². The minimum Gasteiger partial charge on any atom is -0.472 e. The summed E-state index contributed by atoms with van der Waals surface area (Å²) < 4.78 is 13.1. The molecule has 37 heavy (non-hydrogen) atoms. The Morgan fingerprint density at radius 2 is 1.92 bits per heavy atom. The van der Waals surface area contributed by atoms with E-state index in [1.54, 1.807) is 0 Å². The fourth-order valence-corrected chi connectivity index (χ4v) is 7.35. The predicted octanol–water partition coefficient (Wildman–Crippen LogP) is 7.07. The monoisotopic (exact) mass is 494 g/mol. The molecule has 5 nitrogen and oxygen atoms in total. The molecule has 2 fully saturated rings. The number of carbonyl (C=O) groups is 1. The Hall–Kier alpha value is -3.31. The summed E-state index contributed by atoms with van der Waals surface area (Å²) in [6, 6.07) is 18.6. The number of H-pyrrole nitrogens is 1. The van der Waals surface area contributed by atoms with Crippen LogP contribution in [0.5, 0.6) is 5.75 Å². The summed E-state index contributed by atoms with van der Waals surface area (Å²) >= 11 is 0. The first-order chi connectivity index (χ1) is 18.0. The van der Waals surface area contributed by atoms with Crippen LogP contribution in [0.3, 0.4) is 0 Å². The smallest absolute Gasteiger partial charge is 0.341 e. The second-order valence-electron chi connectivity index (χ2n) is 11.1. The number of fused-ring (bicyclic) bond motifs is 4. The molecule has 1 aromatic heterocycles. The summed E-state index contributed by atoms with van der Waals surface area (Å²) in [6.45, 7) is 6.19. The molecule has 0 amide bonds. The Kier molecular flexibility index (Phi) is 5.33. The SMILES string of the molecule is Cc1[nH]c2ccc3c(c2c1C(=O)OC(C)c1cccc2ccccc12)CC1CCCN2CCCCC12O3. The van der Waals surface area contributed by atoms with E-state index in [4.69, 9.17) is 9.47 Å². The van der Waals surface area contributed by atoms with Crippen LogP contribution in [0.15, 0.2) is 54.6 Å². The van der Waals surface area contributed by atoms with E-state index < -0.39 is 0 Å². The highest BCUT2D eigenvalue weighted by atomic mass is 16.5. The highest BCUT2D eigenvalue weighted by Gasteiger charge is 2.52. The normalized spacial score (nSPS) is 24.1. The van der Waals surface area contributed by atoms with Gasteiger partial charge in [0.2, 0.25) is 0 Å². The van der Waals surface area contributed by atoms with Crippen molar-refractivity contribution in [2.75, 3.05) is 13.1 Å². The van der Waals surface area contributed by atoms with Gasteiger partial charge in [-0.3, -0.25) is 4.90 Å². The summed E-state index contributed by atoms with van der Waals surface area (Å²) in [6.07, 6.45) is 6.54. The van der Waals surface area contributed by atoms with Crippen molar-refractivity contribution in [3.63, 3.8) is 0 Å². The van der Waals surface area contributed by atoms with Gasteiger partial charge in [0.05, 0.1) is 5.56 Å². The van der Waals surface area contributed by atoms with Gasteiger partial charge in [-0.25, -0.2) is 4.79 Å². The number of carbonyl (C=O) groups excluding carboxylic acids is 1. The van der Waals surface area contributed by atoms with Crippen LogP contribution >= 0.6 is 0 Å². The molecule has 3 atom stereocenters.